The zero-order valence-electron chi connectivity index (χ0n) is 14.0. The molecule has 0 atom stereocenters. The van der Waals surface area contributed by atoms with Gasteiger partial charge in [0.25, 0.3) is 0 Å². The zero-order chi connectivity index (χ0) is 15.9. The highest BCUT2D eigenvalue weighted by Crippen LogP contribution is 2.32. The van der Waals surface area contributed by atoms with Crippen molar-refractivity contribution >= 4 is 5.82 Å². The van der Waals surface area contributed by atoms with Crippen LogP contribution in [0.5, 0.6) is 0 Å². The van der Waals surface area contributed by atoms with Crippen LogP contribution in [0.3, 0.4) is 0 Å². The molecule has 0 saturated carbocycles. The molecule has 0 bridgehead atoms. The Morgan fingerprint density at radius 1 is 0.955 bits per heavy atom. The maximum absolute atomic E-state index is 5.31. The number of likely N-dealkylation sites (N-methyl/N-ethyl adjacent to an activating group) is 1. The molecule has 3 heterocycles. The lowest BCUT2D eigenvalue weighted by Crippen LogP contribution is -2.45. The third-order valence-corrected chi connectivity index (χ3v) is 4.30. The van der Waals surface area contributed by atoms with Crippen LogP contribution in [0.2, 0.25) is 0 Å². The number of hydrogen-bond donors (Lipinski definition) is 0. The van der Waals surface area contributed by atoms with Gasteiger partial charge in [0.15, 0.2) is 0 Å². The molecule has 0 aromatic carbocycles. The molecule has 2 aromatic rings. The van der Waals surface area contributed by atoms with Crippen LogP contribution in [0.1, 0.15) is 22.8 Å². The quantitative estimate of drug-likeness (QED) is 0.847. The van der Waals surface area contributed by atoms with Gasteiger partial charge in [-0.15, -0.1) is 0 Å². The summed E-state index contributed by atoms with van der Waals surface area (Å²) >= 11 is 0. The minimum atomic E-state index is 0.787. The normalized spacial score (nSPS) is 16.3. The minimum absolute atomic E-state index is 0.787. The van der Waals surface area contributed by atoms with Crippen molar-refractivity contribution in [2.75, 3.05) is 38.1 Å². The fourth-order valence-electron chi connectivity index (χ4n) is 3.00. The number of nitrogens with zero attached hydrogens (tertiary/aromatic N) is 5. The Labute approximate surface area is 131 Å². The highest BCUT2D eigenvalue weighted by molar-refractivity contribution is 5.71. The molecule has 0 N–H and O–H groups in total. The molecule has 118 valence electrons. The Morgan fingerprint density at radius 3 is 2.23 bits per heavy atom. The van der Waals surface area contributed by atoms with Crippen LogP contribution >= 0.6 is 0 Å². The monoisotopic (exact) mass is 301 g/mol. The van der Waals surface area contributed by atoms with E-state index in [9.17, 15) is 0 Å². The number of rotatable bonds is 2. The topological polar surface area (TPSA) is 58.3 Å². The largest absolute Gasteiger partial charge is 0.361 e. The Kier molecular flexibility index (Phi) is 3.87. The molecule has 0 unspecified atom stereocenters. The number of anilines is 1. The highest BCUT2D eigenvalue weighted by Gasteiger charge is 2.23. The summed E-state index contributed by atoms with van der Waals surface area (Å²) in [5.41, 5.74) is 3.92. The summed E-state index contributed by atoms with van der Waals surface area (Å²) in [6.07, 6.45) is 0. The number of piperazine rings is 1. The van der Waals surface area contributed by atoms with Gasteiger partial charge in [-0.1, -0.05) is 5.16 Å². The van der Waals surface area contributed by atoms with E-state index in [1.807, 2.05) is 20.8 Å². The van der Waals surface area contributed by atoms with Crippen molar-refractivity contribution in [2.45, 2.75) is 27.7 Å². The van der Waals surface area contributed by atoms with Crippen molar-refractivity contribution in [3.63, 3.8) is 0 Å². The van der Waals surface area contributed by atoms with E-state index >= 15 is 0 Å². The summed E-state index contributed by atoms with van der Waals surface area (Å²) in [4.78, 5) is 14.1. The van der Waals surface area contributed by atoms with Crippen LogP contribution in [0.15, 0.2) is 4.52 Å². The molecule has 0 amide bonds. The van der Waals surface area contributed by atoms with E-state index in [-0.39, 0.29) is 0 Å². The molecular weight excluding hydrogens is 278 g/mol. The van der Waals surface area contributed by atoms with E-state index in [0.29, 0.717) is 0 Å². The van der Waals surface area contributed by atoms with Crippen molar-refractivity contribution < 1.29 is 4.52 Å². The zero-order valence-corrected chi connectivity index (χ0v) is 14.0. The van der Waals surface area contributed by atoms with Gasteiger partial charge in [0, 0.05) is 31.7 Å². The number of aryl methyl sites for hydroxylation is 3. The van der Waals surface area contributed by atoms with E-state index in [2.05, 4.69) is 33.9 Å². The standard InChI is InChI=1S/C16H23N5O/c1-10-15(14-11(2)19-22-12(14)3)17-13(4)18-16(10)21-8-6-20(5)7-9-21/h6-9H2,1-5H3. The fourth-order valence-corrected chi connectivity index (χ4v) is 3.00. The molecule has 0 radical (unpaired) electrons. The van der Waals surface area contributed by atoms with Crippen LogP contribution in [-0.2, 0) is 0 Å². The summed E-state index contributed by atoms with van der Waals surface area (Å²) in [6.45, 7) is 12.0. The predicted octanol–water partition coefficient (Wildman–Crippen LogP) is 2.12. The van der Waals surface area contributed by atoms with Crippen LogP contribution in [-0.4, -0.2) is 53.3 Å². The first kappa shape index (κ1) is 15.0. The van der Waals surface area contributed by atoms with E-state index in [0.717, 1.165) is 66.1 Å². The molecule has 6 nitrogen and oxygen atoms in total. The first-order valence-corrected chi connectivity index (χ1v) is 7.69. The average Bonchev–Trinajstić information content (AvgIpc) is 2.81. The van der Waals surface area contributed by atoms with Crippen molar-refractivity contribution in [1.82, 2.24) is 20.0 Å². The molecule has 0 spiro atoms. The van der Waals surface area contributed by atoms with Crippen molar-refractivity contribution in [3.8, 4) is 11.3 Å². The number of hydrogen-bond acceptors (Lipinski definition) is 6. The molecule has 1 aliphatic rings. The second kappa shape index (κ2) is 5.68. The van der Waals surface area contributed by atoms with Crippen LogP contribution in [0.25, 0.3) is 11.3 Å². The summed E-state index contributed by atoms with van der Waals surface area (Å²) in [6, 6.07) is 0. The Morgan fingerprint density at radius 2 is 1.64 bits per heavy atom. The Bertz CT molecular complexity index is 667. The molecule has 22 heavy (non-hydrogen) atoms. The van der Waals surface area contributed by atoms with Gasteiger partial charge >= 0.3 is 0 Å². The molecule has 0 aliphatic carbocycles. The van der Waals surface area contributed by atoms with Gasteiger partial charge in [0.1, 0.15) is 17.4 Å². The Balaban J connectivity index is 2.06. The molecule has 6 heteroatoms. The van der Waals surface area contributed by atoms with Gasteiger partial charge in [0.2, 0.25) is 0 Å². The minimum Gasteiger partial charge on any atom is -0.361 e. The summed E-state index contributed by atoms with van der Waals surface area (Å²) in [7, 11) is 2.16. The second-order valence-corrected chi connectivity index (χ2v) is 6.06. The smallest absolute Gasteiger partial charge is 0.143 e. The van der Waals surface area contributed by atoms with Crippen LogP contribution in [0, 0.1) is 27.7 Å². The lowest BCUT2D eigenvalue weighted by atomic mass is 10.1. The molecule has 1 saturated heterocycles. The molecule has 1 aliphatic heterocycles. The third kappa shape index (κ3) is 2.59. The fraction of sp³-hybridized carbons (Fsp3) is 0.562. The van der Waals surface area contributed by atoms with Gasteiger partial charge in [-0.3, -0.25) is 0 Å². The van der Waals surface area contributed by atoms with E-state index < -0.39 is 0 Å². The average molecular weight is 301 g/mol. The van der Waals surface area contributed by atoms with Gasteiger partial charge in [0.05, 0.1) is 17.0 Å². The Hall–Kier alpha value is -1.95. The second-order valence-electron chi connectivity index (χ2n) is 6.06. The maximum Gasteiger partial charge on any atom is 0.143 e. The van der Waals surface area contributed by atoms with Crippen LogP contribution < -0.4 is 4.90 Å². The van der Waals surface area contributed by atoms with Gasteiger partial charge < -0.3 is 14.3 Å². The first-order chi connectivity index (χ1) is 10.5. The summed E-state index contributed by atoms with van der Waals surface area (Å²) in [5, 5.41) is 4.06. The van der Waals surface area contributed by atoms with Gasteiger partial charge in [-0.05, 0) is 34.7 Å². The van der Waals surface area contributed by atoms with E-state index in [1.54, 1.807) is 0 Å². The maximum atomic E-state index is 5.31. The van der Waals surface area contributed by atoms with Crippen LogP contribution in [0.4, 0.5) is 5.82 Å². The number of aromatic nitrogens is 3. The van der Waals surface area contributed by atoms with Crippen molar-refractivity contribution in [2.24, 2.45) is 0 Å². The summed E-state index contributed by atoms with van der Waals surface area (Å²) in [5.74, 6) is 2.63. The molecule has 2 aromatic heterocycles. The van der Waals surface area contributed by atoms with Gasteiger partial charge in [-0.2, -0.15) is 0 Å². The summed E-state index contributed by atoms with van der Waals surface area (Å²) < 4.78 is 5.31. The van der Waals surface area contributed by atoms with E-state index in [1.165, 1.54) is 0 Å². The molecular formula is C16H23N5O. The molecule has 1 fully saturated rings. The van der Waals surface area contributed by atoms with Gasteiger partial charge in [-0.25, -0.2) is 9.97 Å². The van der Waals surface area contributed by atoms with Crippen molar-refractivity contribution in [3.05, 3.63) is 22.8 Å². The predicted molar refractivity (Wildman–Crippen MR) is 86.2 cm³/mol. The third-order valence-electron chi connectivity index (χ3n) is 4.30. The highest BCUT2D eigenvalue weighted by atomic mass is 16.5. The SMILES string of the molecule is Cc1nc(-c2c(C)noc2C)c(C)c(N2CCN(C)CC2)n1. The molecule has 3 rings (SSSR count). The van der Waals surface area contributed by atoms with Crippen molar-refractivity contribution in [1.29, 1.82) is 0 Å². The lowest BCUT2D eigenvalue weighted by molar-refractivity contribution is 0.312. The van der Waals surface area contributed by atoms with E-state index in [4.69, 9.17) is 9.51 Å². The lowest BCUT2D eigenvalue weighted by Gasteiger charge is -2.34. The first-order valence-electron chi connectivity index (χ1n) is 7.69.